The molecule has 1 amide bonds. The largest absolute Gasteiger partial charge is 0.370 e. The van der Waals surface area contributed by atoms with Gasteiger partial charge in [-0.3, -0.25) is 4.79 Å². The number of hydrogen-bond acceptors (Lipinski definition) is 4. The number of rotatable bonds is 3. The van der Waals surface area contributed by atoms with E-state index >= 15 is 0 Å². The van der Waals surface area contributed by atoms with Crippen molar-refractivity contribution < 1.29 is 13.2 Å². The fourth-order valence-electron chi connectivity index (χ4n) is 2.25. The Balaban J connectivity index is 0.00000264. The molecule has 9 heteroatoms. The third kappa shape index (κ3) is 4.70. The highest BCUT2D eigenvalue weighted by atomic mass is 35.5. The van der Waals surface area contributed by atoms with E-state index in [4.69, 9.17) is 11.5 Å². The van der Waals surface area contributed by atoms with Crippen LogP contribution < -0.4 is 16.4 Å². The van der Waals surface area contributed by atoms with Crippen molar-refractivity contribution in [3.05, 3.63) is 35.9 Å². The molecule has 0 bridgehead atoms. The van der Waals surface area contributed by atoms with Gasteiger partial charge in [0.15, 0.2) is 15.8 Å². The van der Waals surface area contributed by atoms with Gasteiger partial charge >= 0.3 is 0 Å². The summed E-state index contributed by atoms with van der Waals surface area (Å²) in [6.07, 6.45) is 5.99. The van der Waals surface area contributed by atoms with Crippen LogP contribution in [-0.4, -0.2) is 39.6 Å². The predicted molar refractivity (Wildman–Crippen MR) is 92.9 cm³/mol. The van der Waals surface area contributed by atoms with Gasteiger partial charge < -0.3 is 16.4 Å². The minimum absolute atomic E-state index is 0. The molecule has 1 aromatic rings. The highest BCUT2D eigenvalue weighted by Crippen LogP contribution is 2.28. The van der Waals surface area contributed by atoms with Gasteiger partial charge in [0, 0.05) is 24.9 Å². The lowest BCUT2D eigenvalue weighted by Crippen LogP contribution is -2.28. The highest BCUT2D eigenvalue weighted by molar-refractivity contribution is 7.90. The average molecular weight is 359 g/mol. The molecular weight excluding hydrogens is 340 g/mol. The van der Waals surface area contributed by atoms with Crippen LogP contribution in [0.25, 0.3) is 0 Å². The van der Waals surface area contributed by atoms with Gasteiger partial charge in [0.05, 0.1) is 10.6 Å². The zero-order valence-corrected chi connectivity index (χ0v) is 14.2. The Kier molecular flexibility index (Phi) is 6.17. The molecule has 0 saturated heterocycles. The lowest BCUT2D eigenvalue weighted by Gasteiger charge is -2.27. The molecule has 1 heterocycles. The molecule has 4 N–H and O–H groups in total. The first kappa shape index (κ1) is 19.0. The standard InChI is InChI=1S/C14H18N4O3S.ClH/c1-22(20,21)12-9-10(13(19)17-14(15)16)5-6-11(12)18-7-3-2-4-8-18;/h2-3,5-6,9H,4,7-8H2,1H3,(H4,15,16,17,19);1H. The van der Waals surface area contributed by atoms with Crippen molar-refractivity contribution in [2.45, 2.75) is 11.3 Å². The Morgan fingerprint density at radius 1 is 1.26 bits per heavy atom. The quantitative estimate of drug-likeness (QED) is 0.466. The van der Waals surface area contributed by atoms with Crippen molar-refractivity contribution in [2.24, 2.45) is 16.5 Å². The first-order chi connectivity index (χ1) is 10.3. The van der Waals surface area contributed by atoms with Crippen LogP contribution in [0.4, 0.5) is 5.69 Å². The lowest BCUT2D eigenvalue weighted by atomic mass is 10.1. The first-order valence-electron chi connectivity index (χ1n) is 6.67. The number of anilines is 1. The number of hydrogen-bond donors (Lipinski definition) is 2. The second-order valence-corrected chi connectivity index (χ2v) is 6.99. The molecule has 23 heavy (non-hydrogen) atoms. The molecule has 0 atom stereocenters. The molecule has 0 fully saturated rings. The maximum absolute atomic E-state index is 12.1. The maximum Gasteiger partial charge on any atom is 0.280 e. The summed E-state index contributed by atoms with van der Waals surface area (Å²) in [5.74, 6) is -1.04. The van der Waals surface area contributed by atoms with Gasteiger partial charge in [-0.15, -0.1) is 12.4 Å². The second-order valence-electron chi connectivity index (χ2n) is 5.00. The minimum Gasteiger partial charge on any atom is -0.370 e. The zero-order chi connectivity index (χ0) is 16.3. The fourth-order valence-corrected chi connectivity index (χ4v) is 3.17. The molecule has 0 aliphatic carbocycles. The van der Waals surface area contributed by atoms with Crippen LogP contribution >= 0.6 is 12.4 Å². The lowest BCUT2D eigenvalue weighted by molar-refractivity contribution is 0.100. The average Bonchev–Trinajstić information content (AvgIpc) is 2.46. The minimum atomic E-state index is -3.50. The number of carbonyl (C=O) groups is 1. The van der Waals surface area contributed by atoms with Gasteiger partial charge in [0.25, 0.3) is 5.91 Å². The third-order valence-corrected chi connectivity index (χ3v) is 4.36. The van der Waals surface area contributed by atoms with E-state index in [1.165, 1.54) is 12.1 Å². The van der Waals surface area contributed by atoms with Crippen LogP contribution in [0.1, 0.15) is 16.8 Å². The number of guanidine groups is 1. The number of benzene rings is 1. The number of carbonyl (C=O) groups excluding carboxylic acids is 1. The van der Waals surface area contributed by atoms with E-state index < -0.39 is 15.7 Å². The topological polar surface area (TPSA) is 119 Å². The van der Waals surface area contributed by atoms with E-state index in [-0.39, 0.29) is 28.8 Å². The Bertz CT molecular complexity index is 755. The van der Waals surface area contributed by atoms with Crippen molar-refractivity contribution in [1.29, 1.82) is 0 Å². The highest BCUT2D eigenvalue weighted by Gasteiger charge is 2.20. The number of halogens is 1. The van der Waals surface area contributed by atoms with E-state index in [0.29, 0.717) is 12.2 Å². The van der Waals surface area contributed by atoms with Crippen molar-refractivity contribution in [2.75, 3.05) is 24.2 Å². The Morgan fingerprint density at radius 2 is 1.96 bits per heavy atom. The molecule has 1 aliphatic heterocycles. The Hall–Kier alpha value is -2.06. The molecule has 0 unspecified atom stereocenters. The monoisotopic (exact) mass is 358 g/mol. The van der Waals surface area contributed by atoms with Crippen molar-refractivity contribution in [3.8, 4) is 0 Å². The predicted octanol–water partition coefficient (Wildman–Crippen LogP) is 0.692. The maximum atomic E-state index is 12.1. The Labute approximate surface area is 141 Å². The van der Waals surface area contributed by atoms with Crippen molar-refractivity contribution >= 4 is 39.8 Å². The summed E-state index contributed by atoms with van der Waals surface area (Å²) in [6, 6.07) is 4.46. The molecule has 1 aromatic carbocycles. The summed E-state index contributed by atoms with van der Waals surface area (Å²) in [5.41, 5.74) is 11.1. The number of sulfone groups is 1. The van der Waals surface area contributed by atoms with Crippen LogP contribution in [0.5, 0.6) is 0 Å². The van der Waals surface area contributed by atoms with Gasteiger partial charge in [-0.05, 0) is 24.6 Å². The van der Waals surface area contributed by atoms with Gasteiger partial charge in [-0.2, -0.15) is 4.99 Å². The first-order valence-corrected chi connectivity index (χ1v) is 8.56. The number of nitrogens with two attached hydrogens (primary N) is 2. The van der Waals surface area contributed by atoms with E-state index in [1.807, 2.05) is 17.1 Å². The van der Waals surface area contributed by atoms with E-state index in [2.05, 4.69) is 4.99 Å². The van der Waals surface area contributed by atoms with Gasteiger partial charge in [-0.1, -0.05) is 12.2 Å². The van der Waals surface area contributed by atoms with Crippen molar-refractivity contribution in [1.82, 2.24) is 0 Å². The molecule has 0 saturated carbocycles. The summed E-state index contributed by atoms with van der Waals surface area (Å²) in [7, 11) is -3.50. The summed E-state index contributed by atoms with van der Waals surface area (Å²) in [6.45, 7) is 1.35. The summed E-state index contributed by atoms with van der Waals surface area (Å²) < 4.78 is 24.1. The van der Waals surface area contributed by atoms with Crippen LogP contribution in [0.3, 0.4) is 0 Å². The molecule has 2 rings (SSSR count). The van der Waals surface area contributed by atoms with Gasteiger partial charge in [0.2, 0.25) is 0 Å². The molecule has 0 aromatic heterocycles. The molecule has 1 aliphatic rings. The SMILES string of the molecule is CS(=O)(=O)c1cc(C(=O)N=C(N)N)ccc1N1CC=CCC1.Cl. The number of aliphatic imine (C=N–C) groups is 1. The summed E-state index contributed by atoms with van der Waals surface area (Å²) >= 11 is 0. The molecular formula is C14H19ClN4O3S. The van der Waals surface area contributed by atoms with Crippen LogP contribution in [-0.2, 0) is 9.84 Å². The van der Waals surface area contributed by atoms with Crippen LogP contribution in [0.15, 0.2) is 40.2 Å². The Morgan fingerprint density at radius 3 is 2.48 bits per heavy atom. The van der Waals surface area contributed by atoms with E-state index in [9.17, 15) is 13.2 Å². The van der Waals surface area contributed by atoms with Gasteiger partial charge in [-0.25, -0.2) is 8.42 Å². The summed E-state index contributed by atoms with van der Waals surface area (Å²) in [4.78, 5) is 17.3. The molecule has 7 nitrogen and oxygen atoms in total. The molecule has 0 spiro atoms. The van der Waals surface area contributed by atoms with Gasteiger partial charge in [0.1, 0.15) is 0 Å². The van der Waals surface area contributed by atoms with Crippen molar-refractivity contribution in [3.63, 3.8) is 0 Å². The molecule has 126 valence electrons. The van der Waals surface area contributed by atoms with E-state index in [0.717, 1.165) is 19.2 Å². The zero-order valence-electron chi connectivity index (χ0n) is 12.6. The van der Waals surface area contributed by atoms with E-state index in [1.54, 1.807) is 6.07 Å². The summed E-state index contributed by atoms with van der Waals surface area (Å²) in [5, 5.41) is 0. The smallest absolute Gasteiger partial charge is 0.280 e. The van der Waals surface area contributed by atoms with Crippen LogP contribution in [0, 0.1) is 0 Å². The number of amides is 1. The normalized spacial score (nSPS) is 14.0. The molecule has 0 radical (unpaired) electrons. The second kappa shape index (κ2) is 7.47. The third-order valence-electron chi connectivity index (χ3n) is 3.24. The number of nitrogens with zero attached hydrogens (tertiary/aromatic N) is 2. The fraction of sp³-hybridized carbons (Fsp3) is 0.286. The van der Waals surface area contributed by atoms with Crippen LogP contribution in [0.2, 0.25) is 0 Å².